The van der Waals surface area contributed by atoms with E-state index in [1.54, 1.807) is 6.20 Å². The lowest BCUT2D eigenvalue weighted by molar-refractivity contribution is 0.248. The van der Waals surface area contributed by atoms with Crippen molar-refractivity contribution < 1.29 is 0 Å². The van der Waals surface area contributed by atoms with Gasteiger partial charge in [-0.2, -0.15) is 0 Å². The lowest BCUT2D eigenvalue weighted by Crippen LogP contribution is -2.27. The summed E-state index contributed by atoms with van der Waals surface area (Å²) in [5.41, 5.74) is 1.11. The molecule has 0 aliphatic carbocycles. The van der Waals surface area contributed by atoms with E-state index in [4.69, 9.17) is 11.6 Å². The Bertz CT molecular complexity index is 299. The van der Waals surface area contributed by atoms with Crippen LogP contribution >= 0.6 is 11.6 Å². The zero-order valence-electron chi connectivity index (χ0n) is 9.70. The van der Waals surface area contributed by atoms with Crippen LogP contribution in [0.3, 0.4) is 0 Å². The van der Waals surface area contributed by atoms with E-state index in [-0.39, 0.29) is 0 Å². The van der Waals surface area contributed by atoms with Gasteiger partial charge in [-0.1, -0.05) is 38.4 Å². The molecular formula is C12H19ClN2. The van der Waals surface area contributed by atoms with E-state index < -0.39 is 0 Å². The van der Waals surface area contributed by atoms with Gasteiger partial charge < -0.3 is 0 Å². The Balaban J connectivity index is 2.62. The number of hydrogen-bond acceptors (Lipinski definition) is 2. The maximum absolute atomic E-state index is 6.02. The third-order valence-corrected chi connectivity index (χ3v) is 2.64. The fraction of sp³-hybridized carbons (Fsp3) is 0.583. The highest BCUT2D eigenvalue weighted by atomic mass is 35.5. The van der Waals surface area contributed by atoms with Crippen molar-refractivity contribution >= 4 is 11.6 Å². The van der Waals surface area contributed by atoms with Gasteiger partial charge >= 0.3 is 0 Å². The van der Waals surface area contributed by atoms with E-state index in [1.165, 1.54) is 0 Å². The summed E-state index contributed by atoms with van der Waals surface area (Å²) >= 11 is 6.02. The SMILES string of the molecule is CCN(Cc1cccnc1Cl)CC(C)C. The third-order valence-electron chi connectivity index (χ3n) is 2.30. The van der Waals surface area contributed by atoms with Gasteiger partial charge in [0.05, 0.1) is 0 Å². The molecule has 1 aromatic heterocycles. The summed E-state index contributed by atoms with van der Waals surface area (Å²) in [5.74, 6) is 0.681. The summed E-state index contributed by atoms with van der Waals surface area (Å²) in [6.07, 6.45) is 1.73. The van der Waals surface area contributed by atoms with Crippen molar-refractivity contribution in [2.45, 2.75) is 27.3 Å². The van der Waals surface area contributed by atoms with Crippen molar-refractivity contribution in [2.24, 2.45) is 5.92 Å². The fourth-order valence-corrected chi connectivity index (χ4v) is 1.78. The Morgan fingerprint density at radius 2 is 2.20 bits per heavy atom. The average Bonchev–Trinajstić information content (AvgIpc) is 2.19. The molecule has 0 bridgehead atoms. The first-order chi connectivity index (χ1) is 7.13. The highest BCUT2D eigenvalue weighted by Crippen LogP contribution is 2.14. The quantitative estimate of drug-likeness (QED) is 0.717. The minimum atomic E-state index is 0.625. The normalized spacial score (nSPS) is 11.3. The molecule has 0 radical (unpaired) electrons. The maximum atomic E-state index is 6.02. The van der Waals surface area contributed by atoms with E-state index in [0.717, 1.165) is 25.2 Å². The number of halogens is 1. The summed E-state index contributed by atoms with van der Waals surface area (Å²) in [5, 5.41) is 0.625. The van der Waals surface area contributed by atoms with Crippen LogP contribution in [0.1, 0.15) is 26.3 Å². The molecule has 1 heterocycles. The Morgan fingerprint density at radius 1 is 1.47 bits per heavy atom. The van der Waals surface area contributed by atoms with Gasteiger partial charge in [0.25, 0.3) is 0 Å². The number of aromatic nitrogens is 1. The summed E-state index contributed by atoms with van der Waals surface area (Å²) in [6, 6.07) is 3.97. The topological polar surface area (TPSA) is 16.1 Å². The zero-order chi connectivity index (χ0) is 11.3. The summed E-state index contributed by atoms with van der Waals surface area (Å²) in [6.45, 7) is 9.67. The molecule has 0 saturated carbocycles. The predicted molar refractivity (Wildman–Crippen MR) is 65.0 cm³/mol. The Morgan fingerprint density at radius 3 is 2.73 bits per heavy atom. The first kappa shape index (κ1) is 12.5. The highest BCUT2D eigenvalue weighted by Gasteiger charge is 2.08. The summed E-state index contributed by atoms with van der Waals surface area (Å²) < 4.78 is 0. The van der Waals surface area contributed by atoms with Crippen molar-refractivity contribution in [3.63, 3.8) is 0 Å². The molecule has 15 heavy (non-hydrogen) atoms. The Kier molecular flexibility index (Phi) is 5.06. The van der Waals surface area contributed by atoms with Crippen molar-refractivity contribution in [3.05, 3.63) is 29.0 Å². The molecule has 0 atom stereocenters. The van der Waals surface area contributed by atoms with Crippen molar-refractivity contribution in [3.8, 4) is 0 Å². The first-order valence-corrected chi connectivity index (χ1v) is 5.83. The van der Waals surface area contributed by atoms with Crippen LogP contribution in [0.4, 0.5) is 0 Å². The number of rotatable bonds is 5. The molecule has 1 rings (SSSR count). The number of pyridine rings is 1. The van der Waals surface area contributed by atoms with E-state index in [0.29, 0.717) is 11.1 Å². The van der Waals surface area contributed by atoms with Crippen LogP contribution in [-0.2, 0) is 6.54 Å². The predicted octanol–water partition coefficient (Wildman–Crippen LogP) is 3.21. The largest absolute Gasteiger partial charge is 0.299 e. The molecule has 0 spiro atoms. The average molecular weight is 227 g/mol. The molecule has 0 saturated heterocycles. The standard InChI is InChI=1S/C12H19ClN2/c1-4-15(8-10(2)3)9-11-6-5-7-14-12(11)13/h5-7,10H,4,8-9H2,1-3H3. The van der Waals surface area contributed by atoms with Gasteiger partial charge in [0, 0.05) is 24.8 Å². The van der Waals surface area contributed by atoms with Crippen molar-refractivity contribution in [1.29, 1.82) is 0 Å². The molecule has 3 heteroatoms. The van der Waals surface area contributed by atoms with E-state index in [1.807, 2.05) is 12.1 Å². The molecule has 0 aromatic carbocycles. The first-order valence-electron chi connectivity index (χ1n) is 5.45. The van der Waals surface area contributed by atoms with Gasteiger partial charge in [-0.3, -0.25) is 4.90 Å². The van der Waals surface area contributed by atoms with E-state index >= 15 is 0 Å². The molecule has 2 nitrogen and oxygen atoms in total. The molecule has 0 aliphatic rings. The summed E-state index contributed by atoms with van der Waals surface area (Å²) in [7, 11) is 0. The van der Waals surface area contributed by atoms with Crippen LogP contribution in [-0.4, -0.2) is 23.0 Å². The highest BCUT2D eigenvalue weighted by molar-refractivity contribution is 6.30. The maximum Gasteiger partial charge on any atom is 0.133 e. The van der Waals surface area contributed by atoms with Gasteiger partial charge in [-0.15, -0.1) is 0 Å². The molecule has 0 N–H and O–H groups in total. The monoisotopic (exact) mass is 226 g/mol. The van der Waals surface area contributed by atoms with Crippen LogP contribution in [0.2, 0.25) is 5.15 Å². The lowest BCUT2D eigenvalue weighted by atomic mass is 10.2. The van der Waals surface area contributed by atoms with Crippen LogP contribution in [0, 0.1) is 5.92 Å². The molecule has 0 fully saturated rings. The van der Waals surface area contributed by atoms with Crippen molar-refractivity contribution in [2.75, 3.05) is 13.1 Å². The second kappa shape index (κ2) is 6.09. The number of hydrogen-bond donors (Lipinski definition) is 0. The van der Waals surface area contributed by atoms with Crippen molar-refractivity contribution in [1.82, 2.24) is 9.88 Å². The smallest absolute Gasteiger partial charge is 0.133 e. The molecule has 1 aromatic rings. The lowest BCUT2D eigenvalue weighted by Gasteiger charge is -2.22. The van der Waals surface area contributed by atoms with Crippen LogP contribution < -0.4 is 0 Å². The molecule has 0 amide bonds. The zero-order valence-corrected chi connectivity index (χ0v) is 10.5. The minimum absolute atomic E-state index is 0.625. The van der Waals surface area contributed by atoms with Crippen LogP contribution in [0.25, 0.3) is 0 Å². The van der Waals surface area contributed by atoms with Crippen LogP contribution in [0.15, 0.2) is 18.3 Å². The summed E-state index contributed by atoms with van der Waals surface area (Å²) in [4.78, 5) is 6.47. The molecule has 0 aliphatic heterocycles. The van der Waals surface area contributed by atoms with Gasteiger partial charge in [0.15, 0.2) is 0 Å². The minimum Gasteiger partial charge on any atom is -0.299 e. The molecule has 0 unspecified atom stereocenters. The Hall–Kier alpha value is -0.600. The van der Waals surface area contributed by atoms with E-state index in [2.05, 4.69) is 30.7 Å². The second-order valence-electron chi connectivity index (χ2n) is 4.17. The van der Waals surface area contributed by atoms with E-state index in [9.17, 15) is 0 Å². The molecular weight excluding hydrogens is 208 g/mol. The van der Waals surface area contributed by atoms with Gasteiger partial charge in [-0.05, 0) is 18.5 Å². The fourth-order valence-electron chi connectivity index (χ4n) is 1.60. The number of nitrogens with zero attached hydrogens (tertiary/aromatic N) is 2. The second-order valence-corrected chi connectivity index (χ2v) is 4.53. The molecule has 84 valence electrons. The van der Waals surface area contributed by atoms with Gasteiger partial charge in [-0.25, -0.2) is 4.98 Å². The van der Waals surface area contributed by atoms with Crippen LogP contribution in [0.5, 0.6) is 0 Å². The third kappa shape index (κ3) is 4.18. The van der Waals surface area contributed by atoms with Gasteiger partial charge in [0.1, 0.15) is 5.15 Å². The van der Waals surface area contributed by atoms with Gasteiger partial charge in [0.2, 0.25) is 0 Å². The Labute approximate surface area is 97.3 Å².